The van der Waals surface area contributed by atoms with Gasteiger partial charge in [-0.05, 0) is 30.3 Å². The van der Waals surface area contributed by atoms with Gasteiger partial charge in [0.05, 0.1) is 31.5 Å². The van der Waals surface area contributed by atoms with E-state index in [-0.39, 0.29) is 5.78 Å². The molecule has 152 valence electrons. The second kappa shape index (κ2) is 7.88. The predicted octanol–water partition coefficient (Wildman–Crippen LogP) is 2.68. The zero-order chi connectivity index (χ0) is 20.6. The highest BCUT2D eigenvalue weighted by atomic mass is 35.5. The standard InChI is InChI=1S/C22H23ClN2O4/c1-15(20(26)16-6-8-17(23)9-7-16)22(28)18-4-2-3-5-19(18)25(21(22)27)14-24-10-12-29-13-11-24/h2-9,15,28H,10-14H2,1H3/t15-,22+/m1/s1. The van der Waals surface area contributed by atoms with Crippen molar-refractivity contribution in [1.29, 1.82) is 0 Å². The first-order valence-electron chi connectivity index (χ1n) is 9.66. The first kappa shape index (κ1) is 20.0. The van der Waals surface area contributed by atoms with Gasteiger partial charge in [-0.25, -0.2) is 0 Å². The number of carbonyl (C=O) groups excluding carboxylic acids is 2. The molecule has 2 aromatic rings. The molecule has 2 heterocycles. The average Bonchev–Trinajstić information content (AvgIpc) is 2.97. The Kier molecular flexibility index (Phi) is 5.44. The number of halogens is 1. The number of nitrogens with zero attached hydrogens (tertiary/aromatic N) is 2. The number of rotatable bonds is 5. The van der Waals surface area contributed by atoms with Gasteiger partial charge in [0, 0.05) is 29.2 Å². The highest BCUT2D eigenvalue weighted by Crippen LogP contribution is 2.45. The number of morpholine rings is 1. The number of fused-ring (bicyclic) bond motifs is 1. The maximum Gasteiger partial charge on any atom is 0.265 e. The Morgan fingerprint density at radius 2 is 1.83 bits per heavy atom. The third kappa shape index (κ3) is 3.46. The van der Waals surface area contributed by atoms with E-state index in [0.29, 0.717) is 54.8 Å². The maximum atomic E-state index is 13.4. The molecule has 4 rings (SSSR count). The van der Waals surface area contributed by atoms with Crippen molar-refractivity contribution in [3.63, 3.8) is 0 Å². The van der Waals surface area contributed by atoms with Crippen LogP contribution >= 0.6 is 11.6 Å². The Morgan fingerprint density at radius 1 is 1.17 bits per heavy atom. The lowest BCUT2D eigenvalue weighted by Gasteiger charge is -2.32. The van der Waals surface area contributed by atoms with Crippen molar-refractivity contribution in [2.45, 2.75) is 12.5 Å². The van der Waals surface area contributed by atoms with Crippen molar-refractivity contribution in [2.75, 3.05) is 37.9 Å². The normalized spacial score (nSPS) is 23.1. The molecule has 0 spiro atoms. The molecule has 6 nitrogen and oxygen atoms in total. The fraction of sp³-hybridized carbons (Fsp3) is 0.364. The van der Waals surface area contributed by atoms with Gasteiger partial charge in [0.2, 0.25) is 0 Å². The minimum atomic E-state index is -1.92. The molecule has 0 unspecified atom stereocenters. The number of aliphatic hydroxyl groups is 1. The fourth-order valence-corrected chi connectivity index (χ4v) is 4.14. The molecule has 0 bridgehead atoms. The Balaban J connectivity index is 1.67. The van der Waals surface area contributed by atoms with E-state index in [1.165, 1.54) is 0 Å². The molecule has 0 radical (unpaired) electrons. The molecule has 7 heteroatoms. The second-order valence-electron chi connectivity index (χ2n) is 7.48. The van der Waals surface area contributed by atoms with Crippen molar-refractivity contribution >= 4 is 29.0 Å². The van der Waals surface area contributed by atoms with Crippen LogP contribution in [-0.4, -0.2) is 54.7 Å². The van der Waals surface area contributed by atoms with E-state index in [2.05, 4.69) is 4.90 Å². The van der Waals surface area contributed by atoms with Crippen LogP contribution in [0.3, 0.4) is 0 Å². The van der Waals surface area contributed by atoms with Crippen LogP contribution in [0.25, 0.3) is 0 Å². The first-order valence-corrected chi connectivity index (χ1v) is 10.0. The van der Waals surface area contributed by atoms with Crippen LogP contribution in [0.2, 0.25) is 5.02 Å². The molecule has 0 aliphatic carbocycles. The number of ether oxygens (including phenoxy) is 1. The van der Waals surface area contributed by atoms with Gasteiger partial charge in [0.15, 0.2) is 11.4 Å². The summed E-state index contributed by atoms with van der Waals surface area (Å²) in [4.78, 5) is 30.2. The van der Waals surface area contributed by atoms with Crippen LogP contribution in [0.4, 0.5) is 5.69 Å². The summed E-state index contributed by atoms with van der Waals surface area (Å²) in [6, 6.07) is 13.6. The number of hydrogen-bond donors (Lipinski definition) is 1. The van der Waals surface area contributed by atoms with Crippen molar-refractivity contribution in [3.05, 3.63) is 64.7 Å². The van der Waals surface area contributed by atoms with Gasteiger partial charge in [-0.1, -0.05) is 36.7 Å². The van der Waals surface area contributed by atoms with Crippen molar-refractivity contribution < 1.29 is 19.4 Å². The van der Waals surface area contributed by atoms with Gasteiger partial charge in [-0.15, -0.1) is 0 Å². The Hall–Kier alpha value is -2.25. The lowest BCUT2D eigenvalue weighted by atomic mass is 9.79. The van der Waals surface area contributed by atoms with E-state index in [0.717, 1.165) is 0 Å². The molecule has 0 saturated carbocycles. The third-order valence-electron chi connectivity index (χ3n) is 5.77. The first-order chi connectivity index (χ1) is 13.9. The SMILES string of the molecule is C[C@H](C(=O)c1ccc(Cl)cc1)[C@@]1(O)C(=O)N(CN2CCOCC2)c2ccccc21. The molecule has 2 aliphatic rings. The average molecular weight is 415 g/mol. The highest BCUT2D eigenvalue weighted by molar-refractivity contribution is 6.30. The van der Waals surface area contributed by atoms with E-state index in [1.807, 2.05) is 12.1 Å². The summed E-state index contributed by atoms with van der Waals surface area (Å²) >= 11 is 5.92. The number of para-hydroxylation sites is 1. The number of hydrogen-bond acceptors (Lipinski definition) is 5. The van der Waals surface area contributed by atoms with Crippen LogP contribution in [-0.2, 0) is 15.1 Å². The molecule has 2 aromatic carbocycles. The maximum absolute atomic E-state index is 13.4. The monoisotopic (exact) mass is 414 g/mol. The number of amides is 1. The summed E-state index contributed by atoms with van der Waals surface area (Å²) in [5.74, 6) is -1.73. The molecule has 1 amide bonds. The summed E-state index contributed by atoms with van der Waals surface area (Å²) in [5, 5.41) is 12.1. The molecule has 29 heavy (non-hydrogen) atoms. The number of benzene rings is 2. The largest absolute Gasteiger partial charge is 0.379 e. The fourth-order valence-electron chi connectivity index (χ4n) is 4.02. The summed E-state index contributed by atoms with van der Waals surface area (Å²) in [5.41, 5.74) is -0.401. The zero-order valence-electron chi connectivity index (χ0n) is 16.2. The van der Waals surface area contributed by atoms with Crippen LogP contribution in [0.1, 0.15) is 22.8 Å². The molecule has 1 saturated heterocycles. The smallest absolute Gasteiger partial charge is 0.265 e. The van der Waals surface area contributed by atoms with E-state index < -0.39 is 17.4 Å². The Morgan fingerprint density at radius 3 is 2.52 bits per heavy atom. The molecular weight excluding hydrogens is 392 g/mol. The minimum Gasteiger partial charge on any atom is -0.379 e. The van der Waals surface area contributed by atoms with Crippen LogP contribution in [0.5, 0.6) is 0 Å². The van der Waals surface area contributed by atoms with Gasteiger partial charge < -0.3 is 9.84 Å². The number of ketones is 1. The van der Waals surface area contributed by atoms with Gasteiger partial charge >= 0.3 is 0 Å². The Bertz CT molecular complexity index is 927. The van der Waals surface area contributed by atoms with E-state index in [1.54, 1.807) is 48.2 Å². The van der Waals surface area contributed by atoms with Gasteiger partial charge in [-0.3, -0.25) is 19.4 Å². The third-order valence-corrected chi connectivity index (χ3v) is 6.02. The highest BCUT2D eigenvalue weighted by Gasteiger charge is 2.55. The van der Waals surface area contributed by atoms with E-state index >= 15 is 0 Å². The summed E-state index contributed by atoms with van der Waals surface area (Å²) in [6.45, 7) is 4.60. The van der Waals surface area contributed by atoms with Gasteiger partial charge in [-0.2, -0.15) is 0 Å². The second-order valence-corrected chi connectivity index (χ2v) is 7.92. The van der Waals surface area contributed by atoms with Gasteiger partial charge in [0.1, 0.15) is 0 Å². The predicted molar refractivity (Wildman–Crippen MR) is 110 cm³/mol. The lowest BCUT2D eigenvalue weighted by Crippen LogP contribution is -2.51. The van der Waals surface area contributed by atoms with Crippen molar-refractivity contribution in [1.82, 2.24) is 4.90 Å². The van der Waals surface area contributed by atoms with Crippen molar-refractivity contribution in [3.8, 4) is 0 Å². The molecule has 1 N–H and O–H groups in total. The molecule has 2 aliphatic heterocycles. The van der Waals surface area contributed by atoms with Crippen LogP contribution in [0.15, 0.2) is 48.5 Å². The molecule has 2 atom stereocenters. The molecule has 0 aromatic heterocycles. The Labute approximate surface area is 174 Å². The molecule has 1 fully saturated rings. The molecular formula is C22H23ClN2O4. The summed E-state index contributed by atoms with van der Waals surface area (Å²) < 4.78 is 5.38. The van der Waals surface area contributed by atoms with E-state index in [4.69, 9.17) is 16.3 Å². The number of anilines is 1. The van der Waals surface area contributed by atoms with Crippen LogP contribution in [0, 0.1) is 5.92 Å². The topological polar surface area (TPSA) is 70.1 Å². The minimum absolute atomic E-state index is 0.305. The van der Waals surface area contributed by atoms with Crippen molar-refractivity contribution in [2.24, 2.45) is 5.92 Å². The number of Topliss-reactive ketones (excluding diaryl/α,β-unsaturated/α-hetero) is 1. The summed E-state index contributed by atoms with van der Waals surface area (Å²) in [7, 11) is 0. The quantitative estimate of drug-likeness (QED) is 0.762. The summed E-state index contributed by atoms with van der Waals surface area (Å²) in [6.07, 6.45) is 0. The van der Waals surface area contributed by atoms with Gasteiger partial charge in [0.25, 0.3) is 5.91 Å². The van der Waals surface area contributed by atoms with Crippen LogP contribution < -0.4 is 4.90 Å². The van der Waals surface area contributed by atoms with E-state index in [9.17, 15) is 14.7 Å². The zero-order valence-corrected chi connectivity index (χ0v) is 16.9. The lowest BCUT2D eigenvalue weighted by molar-refractivity contribution is -0.140. The number of carbonyl (C=O) groups is 2.